The highest BCUT2D eigenvalue weighted by atomic mass is 16.6. The van der Waals surface area contributed by atoms with E-state index in [-0.39, 0.29) is 25.5 Å². The van der Waals surface area contributed by atoms with Gasteiger partial charge in [-0.1, -0.05) is 6.08 Å². The molecule has 0 radical (unpaired) electrons. The maximum absolute atomic E-state index is 13.7. The molecule has 1 aromatic heterocycles. The second-order valence-electron chi connectivity index (χ2n) is 12.1. The van der Waals surface area contributed by atoms with E-state index in [1.165, 1.54) is 4.90 Å². The fraction of sp³-hybridized carbons (Fsp3) is 0.548. The summed E-state index contributed by atoms with van der Waals surface area (Å²) in [5.74, 6) is 0.540. The van der Waals surface area contributed by atoms with Crippen molar-refractivity contribution in [2.45, 2.75) is 82.6 Å². The number of nitrogens with one attached hydrogen (secondary N) is 1. The Kier molecular flexibility index (Phi) is 7.61. The molecule has 2 aliphatic carbocycles. The van der Waals surface area contributed by atoms with E-state index in [0.29, 0.717) is 23.8 Å². The number of methoxy groups -OCH3 is 1. The SMILES string of the molecule is C=C[C@@H]1C[C@]1(NC(=O)[C@@H]1C[C@@H](Oc2cc(C3CC3)nc3cc(OC)ccc23)CN1C(=O)OC(C)(C)C)C(=O)OCC. The van der Waals surface area contributed by atoms with Crippen LogP contribution in [0.2, 0.25) is 0 Å². The molecule has 2 aromatic rings. The number of fused-ring (bicyclic) bond motifs is 1. The summed E-state index contributed by atoms with van der Waals surface area (Å²) < 4.78 is 22.8. The van der Waals surface area contributed by atoms with Gasteiger partial charge in [0.05, 0.1) is 25.8 Å². The number of hydrogen-bond acceptors (Lipinski definition) is 8. The van der Waals surface area contributed by atoms with Crippen LogP contribution in [0.3, 0.4) is 0 Å². The van der Waals surface area contributed by atoms with E-state index in [0.717, 1.165) is 29.4 Å². The van der Waals surface area contributed by atoms with Gasteiger partial charge in [-0.3, -0.25) is 14.7 Å². The Balaban J connectivity index is 1.42. The first-order valence-electron chi connectivity index (χ1n) is 14.2. The predicted molar refractivity (Wildman–Crippen MR) is 152 cm³/mol. The summed E-state index contributed by atoms with van der Waals surface area (Å²) in [6, 6.07) is 6.71. The lowest BCUT2D eigenvalue weighted by Crippen LogP contribution is -2.53. The van der Waals surface area contributed by atoms with Crippen LogP contribution in [-0.2, 0) is 19.1 Å². The van der Waals surface area contributed by atoms with Crippen molar-refractivity contribution in [3.63, 3.8) is 0 Å². The van der Waals surface area contributed by atoms with Gasteiger partial charge in [-0.05, 0) is 59.1 Å². The van der Waals surface area contributed by atoms with Crippen LogP contribution in [0.4, 0.5) is 4.79 Å². The molecule has 220 valence electrons. The molecule has 2 heterocycles. The summed E-state index contributed by atoms with van der Waals surface area (Å²) in [6.45, 7) is 11.2. The molecule has 10 nitrogen and oxygen atoms in total. The number of benzene rings is 1. The highest BCUT2D eigenvalue weighted by Crippen LogP contribution is 2.46. The molecular weight excluding hydrogens is 526 g/mol. The van der Waals surface area contributed by atoms with E-state index >= 15 is 0 Å². The smallest absolute Gasteiger partial charge is 0.411 e. The number of carbonyl (C=O) groups excluding carboxylic acids is 3. The van der Waals surface area contributed by atoms with Crippen molar-refractivity contribution in [3.05, 3.63) is 42.6 Å². The summed E-state index contributed by atoms with van der Waals surface area (Å²) in [5.41, 5.74) is -0.210. The number of nitrogens with zero attached hydrogens (tertiary/aromatic N) is 2. The lowest BCUT2D eigenvalue weighted by atomic mass is 10.1. The second kappa shape index (κ2) is 10.9. The molecule has 4 atom stereocenters. The van der Waals surface area contributed by atoms with Crippen LogP contribution in [-0.4, -0.2) is 71.4 Å². The van der Waals surface area contributed by atoms with Crippen LogP contribution in [0.15, 0.2) is 36.9 Å². The van der Waals surface area contributed by atoms with Crippen LogP contribution in [0.1, 0.15) is 65.0 Å². The maximum Gasteiger partial charge on any atom is 0.411 e. The first-order valence-corrected chi connectivity index (χ1v) is 14.2. The van der Waals surface area contributed by atoms with Crippen molar-refractivity contribution in [2.24, 2.45) is 5.92 Å². The maximum atomic E-state index is 13.7. The van der Waals surface area contributed by atoms with Crippen LogP contribution in [0, 0.1) is 5.92 Å². The predicted octanol–water partition coefficient (Wildman–Crippen LogP) is 4.50. The zero-order valence-corrected chi connectivity index (χ0v) is 24.4. The van der Waals surface area contributed by atoms with Gasteiger partial charge in [-0.2, -0.15) is 0 Å². The van der Waals surface area contributed by atoms with Crippen molar-refractivity contribution in [1.29, 1.82) is 0 Å². The number of hydrogen-bond donors (Lipinski definition) is 1. The minimum absolute atomic E-state index is 0.142. The topological polar surface area (TPSA) is 116 Å². The van der Waals surface area contributed by atoms with Crippen molar-refractivity contribution in [2.75, 3.05) is 20.3 Å². The van der Waals surface area contributed by atoms with Crippen LogP contribution < -0.4 is 14.8 Å². The second-order valence-corrected chi connectivity index (χ2v) is 12.1. The molecule has 1 saturated heterocycles. The molecular formula is C31H39N3O7. The van der Waals surface area contributed by atoms with Crippen LogP contribution in [0.5, 0.6) is 11.5 Å². The number of likely N-dealkylation sites (tertiary alicyclic amines) is 1. The molecule has 2 amide bonds. The summed E-state index contributed by atoms with van der Waals surface area (Å²) in [5, 5.41) is 3.71. The zero-order valence-electron chi connectivity index (χ0n) is 24.4. The summed E-state index contributed by atoms with van der Waals surface area (Å²) in [4.78, 5) is 46.0. The number of carbonyl (C=O) groups is 3. The van der Waals surface area contributed by atoms with Gasteiger partial charge >= 0.3 is 12.1 Å². The molecule has 41 heavy (non-hydrogen) atoms. The van der Waals surface area contributed by atoms with Gasteiger partial charge in [-0.25, -0.2) is 9.59 Å². The minimum atomic E-state index is -1.17. The highest BCUT2D eigenvalue weighted by Gasteiger charge is 2.62. The monoisotopic (exact) mass is 565 g/mol. The summed E-state index contributed by atoms with van der Waals surface area (Å²) in [6.07, 6.45) is 3.31. The lowest BCUT2D eigenvalue weighted by molar-refractivity contribution is -0.149. The summed E-state index contributed by atoms with van der Waals surface area (Å²) in [7, 11) is 1.61. The largest absolute Gasteiger partial charge is 0.497 e. The van der Waals surface area contributed by atoms with Gasteiger partial charge in [0, 0.05) is 41.5 Å². The van der Waals surface area contributed by atoms with Gasteiger partial charge in [-0.15, -0.1) is 6.58 Å². The van der Waals surface area contributed by atoms with E-state index in [1.54, 1.807) is 40.9 Å². The average Bonchev–Trinajstić information content (AvgIpc) is 3.84. The van der Waals surface area contributed by atoms with Crippen molar-refractivity contribution >= 4 is 28.9 Å². The van der Waals surface area contributed by atoms with Gasteiger partial charge in [0.25, 0.3) is 0 Å². The third kappa shape index (κ3) is 5.96. The average molecular weight is 566 g/mol. The van der Waals surface area contributed by atoms with Crippen molar-refractivity contribution in [1.82, 2.24) is 15.2 Å². The number of pyridine rings is 1. The molecule has 10 heteroatoms. The molecule has 1 aliphatic heterocycles. The van der Waals surface area contributed by atoms with E-state index in [4.69, 9.17) is 23.9 Å². The van der Waals surface area contributed by atoms with E-state index in [1.807, 2.05) is 24.3 Å². The number of rotatable bonds is 9. The minimum Gasteiger partial charge on any atom is -0.497 e. The fourth-order valence-electron chi connectivity index (χ4n) is 5.41. The fourth-order valence-corrected chi connectivity index (χ4v) is 5.41. The van der Waals surface area contributed by atoms with E-state index < -0.39 is 41.3 Å². The molecule has 5 rings (SSSR count). The Morgan fingerprint density at radius 1 is 1.22 bits per heavy atom. The number of esters is 1. The zero-order chi connectivity index (χ0) is 29.5. The number of aromatic nitrogens is 1. The number of ether oxygens (including phenoxy) is 4. The molecule has 0 bridgehead atoms. The van der Waals surface area contributed by atoms with Crippen molar-refractivity contribution in [3.8, 4) is 11.5 Å². The highest BCUT2D eigenvalue weighted by molar-refractivity contribution is 5.95. The Morgan fingerprint density at radius 3 is 2.59 bits per heavy atom. The molecule has 1 N–H and O–H groups in total. The third-order valence-electron chi connectivity index (χ3n) is 7.77. The van der Waals surface area contributed by atoms with E-state index in [2.05, 4.69) is 11.9 Å². The third-order valence-corrected chi connectivity index (χ3v) is 7.77. The molecule has 1 aromatic carbocycles. The summed E-state index contributed by atoms with van der Waals surface area (Å²) >= 11 is 0. The van der Waals surface area contributed by atoms with Gasteiger partial charge in [0.2, 0.25) is 5.91 Å². The lowest BCUT2D eigenvalue weighted by Gasteiger charge is -2.28. The normalized spacial score (nSPS) is 25.4. The molecule has 2 saturated carbocycles. The van der Waals surface area contributed by atoms with Crippen LogP contribution in [0.25, 0.3) is 10.9 Å². The van der Waals surface area contributed by atoms with Gasteiger partial charge < -0.3 is 24.3 Å². The Morgan fingerprint density at radius 2 is 1.98 bits per heavy atom. The Hall–Kier alpha value is -3.82. The Bertz CT molecular complexity index is 1370. The molecule has 0 unspecified atom stereocenters. The number of amides is 2. The van der Waals surface area contributed by atoms with Gasteiger partial charge in [0.15, 0.2) is 0 Å². The quantitative estimate of drug-likeness (QED) is 0.349. The first-order chi connectivity index (χ1) is 19.5. The first kappa shape index (κ1) is 28.7. The molecule has 3 fully saturated rings. The van der Waals surface area contributed by atoms with E-state index in [9.17, 15) is 14.4 Å². The Labute approximate surface area is 240 Å². The van der Waals surface area contributed by atoms with Crippen LogP contribution >= 0.6 is 0 Å². The van der Waals surface area contributed by atoms with Crippen molar-refractivity contribution < 1.29 is 33.3 Å². The molecule has 3 aliphatic rings. The molecule has 0 spiro atoms. The standard InChI is InChI=1S/C31H39N3O7/c1-7-19-16-31(19,28(36)39-8-2)33-27(35)25-14-21(17-34(25)29(37)41-30(3,4)5)40-26-15-23(18-9-10-18)32-24-13-20(38-6)11-12-22(24)26/h7,11-13,15,18-19,21,25H,1,8-10,14,16-17H2,2-6H3,(H,33,35)/t19-,21-,25+,31-/m1/s1. The van der Waals surface area contributed by atoms with Gasteiger partial charge in [0.1, 0.15) is 34.8 Å².